The number of pyridine rings is 1. The third-order valence-electron chi connectivity index (χ3n) is 3.82. The van der Waals surface area contributed by atoms with Crippen molar-refractivity contribution in [3.05, 3.63) is 24.5 Å². The Kier molecular flexibility index (Phi) is 6.78. The van der Waals surface area contributed by atoms with E-state index in [0.717, 1.165) is 29.5 Å². The topological polar surface area (TPSA) is 72.7 Å². The summed E-state index contributed by atoms with van der Waals surface area (Å²) < 4.78 is 2.07. The van der Waals surface area contributed by atoms with E-state index in [-0.39, 0.29) is 11.9 Å². The molecule has 2 aromatic rings. The molecular weight excluding hydrogens is 322 g/mol. The minimum absolute atomic E-state index is 0.0257. The van der Waals surface area contributed by atoms with Gasteiger partial charge in [-0.05, 0) is 31.4 Å². The first kappa shape index (κ1) is 18.4. The molecule has 2 aromatic heterocycles. The summed E-state index contributed by atoms with van der Waals surface area (Å²) in [7, 11) is 0. The van der Waals surface area contributed by atoms with E-state index < -0.39 is 0 Å². The van der Waals surface area contributed by atoms with E-state index in [1.807, 2.05) is 19.1 Å². The van der Waals surface area contributed by atoms with Crippen LogP contribution in [0.25, 0.3) is 11.4 Å². The van der Waals surface area contributed by atoms with E-state index in [9.17, 15) is 4.79 Å². The quantitative estimate of drug-likeness (QED) is 0.743. The fourth-order valence-corrected chi connectivity index (χ4v) is 2.90. The van der Waals surface area contributed by atoms with Gasteiger partial charge in [-0.25, -0.2) is 0 Å². The number of carbonyl (C=O) groups is 1. The number of nitrogens with zero attached hydrogens (tertiary/aromatic N) is 4. The number of rotatable bonds is 8. The number of hydrogen-bond acceptors (Lipinski definition) is 5. The van der Waals surface area contributed by atoms with E-state index in [2.05, 4.69) is 45.8 Å². The van der Waals surface area contributed by atoms with Crippen molar-refractivity contribution in [2.24, 2.45) is 5.92 Å². The minimum atomic E-state index is 0.0257. The van der Waals surface area contributed by atoms with Crippen LogP contribution in [0.4, 0.5) is 0 Å². The zero-order valence-electron chi connectivity index (χ0n) is 14.7. The number of hydrogen-bond donors (Lipinski definition) is 1. The van der Waals surface area contributed by atoms with Crippen LogP contribution in [0.2, 0.25) is 0 Å². The number of carbonyl (C=O) groups excluding carboxylic acids is 1. The van der Waals surface area contributed by atoms with E-state index in [1.54, 1.807) is 12.4 Å². The van der Waals surface area contributed by atoms with E-state index in [0.29, 0.717) is 11.7 Å². The molecule has 130 valence electrons. The van der Waals surface area contributed by atoms with Crippen LogP contribution in [0.15, 0.2) is 29.7 Å². The maximum atomic E-state index is 12.1. The molecule has 1 atom stereocenters. The summed E-state index contributed by atoms with van der Waals surface area (Å²) in [5, 5.41) is 12.4. The summed E-state index contributed by atoms with van der Waals surface area (Å²) in [6.45, 7) is 9.14. The van der Waals surface area contributed by atoms with Gasteiger partial charge in [-0.1, -0.05) is 32.5 Å². The van der Waals surface area contributed by atoms with Crippen LogP contribution in [-0.4, -0.2) is 37.5 Å². The van der Waals surface area contributed by atoms with Gasteiger partial charge in [0.25, 0.3) is 0 Å². The van der Waals surface area contributed by atoms with Crippen molar-refractivity contribution in [3.8, 4) is 11.4 Å². The molecule has 0 aliphatic rings. The van der Waals surface area contributed by atoms with Crippen molar-refractivity contribution in [1.82, 2.24) is 25.1 Å². The fourth-order valence-electron chi connectivity index (χ4n) is 2.13. The molecule has 0 saturated carbocycles. The minimum Gasteiger partial charge on any atom is -0.353 e. The highest BCUT2D eigenvalue weighted by Gasteiger charge is 2.16. The molecule has 24 heavy (non-hydrogen) atoms. The molecule has 0 aliphatic carbocycles. The Morgan fingerprint density at radius 3 is 2.58 bits per heavy atom. The standard InChI is InChI=1S/C17H25N5OS/c1-5-10-22-16(14-6-8-18-9-7-14)20-21-17(22)24-11-15(23)19-13(4)12(2)3/h6-9,12-13H,5,10-11H2,1-4H3,(H,19,23). The van der Waals surface area contributed by atoms with E-state index in [4.69, 9.17) is 0 Å². The van der Waals surface area contributed by atoms with Gasteiger partial charge < -0.3 is 9.88 Å². The SMILES string of the molecule is CCCn1c(SCC(=O)NC(C)C(C)C)nnc1-c1ccncc1. The largest absolute Gasteiger partial charge is 0.353 e. The van der Waals surface area contributed by atoms with Crippen LogP contribution in [0, 0.1) is 5.92 Å². The first-order chi connectivity index (χ1) is 11.5. The molecule has 0 aromatic carbocycles. The Labute approximate surface area is 147 Å². The molecular formula is C17H25N5OS. The van der Waals surface area contributed by atoms with Gasteiger partial charge in [0.05, 0.1) is 5.75 Å². The van der Waals surface area contributed by atoms with Crippen LogP contribution < -0.4 is 5.32 Å². The lowest BCUT2D eigenvalue weighted by molar-refractivity contribution is -0.119. The van der Waals surface area contributed by atoms with Crippen LogP contribution in [0.3, 0.4) is 0 Å². The zero-order chi connectivity index (χ0) is 17.5. The first-order valence-corrected chi connectivity index (χ1v) is 9.27. The number of aromatic nitrogens is 4. The number of nitrogens with one attached hydrogen (secondary N) is 1. The molecule has 2 heterocycles. The summed E-state index contributed by atoms with van der Waals surface area (Å²) in [6.07, 6.45) is 4.46. The van der Waals surface area contributed by atoms with Gasteiger partial charge in [0.1, 0.15) is 0 Å². The molecule has 0 bridgehead atoms. The van der Waals surface area contributed by atoms with E-state index >= 15 is 0 Å². The monoisotopic (exact) mass is 347 g/mol. The molecule has 6 nitrogen and oxygen atoms in total. The van der Waals surface area contributed by atoms with Crippen LogP contribution in [-0.2, 0) is 11.3 Å². The zero-order valence-corrected chi connectivity index (χ0v) is 15.5. The molecule has 1 amide bonds. The summed E-state index contributed by atoms with van der Waals surface area (Å²) in [5.41, 5.74) is 0.982. The maximum Gasteiger partial charge on any atom is 0.230 e. The van der Waals surface area contributed by atoms with Gasteiger partial charge in [0, 0.05) is 30.5 Å². The average Bonchev–Trinajstić information content (AvgIpc) is 2.97. The summed E-state index contributed by atoms with van der Waals surface area (Å²) in [5.74, 6) is 1.60. The van der Waals surface area contributed by atoms with Crippen LogP contribution in [0.5, 0.6) is 0 Å². The molecule has 1 N–H and O–H groups in total. The molecule has 0 fully saturated rings. The van der Waals surface area contributed by atoms with Gasteiger partial charge in [-0.15, -0.1) is 10.2 Å². The molecule has 0 spiro atoms. The summed E-state index contributed by atoms with van der Waals surface area (Å²) >= 11 is 1.43. The third-order valence-corrected chi connectivity index (χ3v) is 4.79. The van der Waals surface area contributed by atoms with Gasteiger partial charge >= 0.3 is 0 Å². The van der Waals surface area contributed by atoms with E-state index in [1.165, 1.54) is 11.8 Å². The Morgan fingerprint density at radius 2 is 1.96 bits per heavy atom. The Morgan fingerprint density at radius 1 is 1.25 bits per heavy atom. The highest BCUT2D eigenvalue weighted by Crippen LogP contribution is 2.23. The molecule has 7 heteroatoms. The molecule has 0 radical (unpaired) electrons. The summed E-state index contributed by atoms with van der Waals surface area (Å²) in [6, 6.07) is 4.00. The Hall–Kier alpha value is -1.89. The van der Waals surface area contributed by atoms with Crippen molar-refractivity contribution in [3.63, 3.8) is 0 Å². The molecule has 0 aliphatic heterocycles. The predicted molar refractivity (Wildman–Crippen MR) is 96.7 cm³/mol. The Balaban J connectivity index is 2.08. The van der Waals surface area contributed by atoms with Crippen LogP contribution >= 0.6 is 11.8 Å². The smallest absolute Gasteiger partial charge is 0.230 e. The van der Waals surface area contributed by atoms with Crippen molar-refractivity contribution in [2.45, 2.75) is 51.9 Å². The lowest BCUT2D eigenvalue weighted by Gasteiger charge is -2.17. The van der Waals surface area contributed by atoms with Gasteiger partial charge in [0.2, 0.25) is 5.91 Å². The average molecular weight is 347 g/mol. The van der Waals surface area contributed by atoms with Gasteiger partial charge in [0.15, 0.2) is 11.0 Å². The summed E-state index contributed by atoms with van der Waals surface area (Å²) in [4.78, 5) is 16.1. The molecule has 0 saturated heterocycles. The first-order valence-electron chi connectivity index (χ1n) is 8.28. The third kappa shape index (κ3) is 4.80. The van der Waals surface area contributed by atoms with Gasteiger partial charge in [-0.2, -0.15) is 0 Å². The van der Waals surface area contributed by atoms with Crippen molar-refractivity contribution in [2.75, 3.05) is 5.75 Å². The van der Waals surface area contributed by atoms with Crippen molar-refractivity contribution in [1.29, 1.82) is 0 Å². The number of thioether (sulfide) groups is 1. The second kappa shape index (κ2) is 8.82. The fraction of sp³-hybridized carbons (Fsp3) is 0.529. The second-order valence-electron chi connectivity index (χ2n) is 6.08. The Bertz CT molecular complexity index is 656. The second-order valence-corrected chi connectivity index (χ2v) is 7.03. The normalized spacial score (nSPS) is 12.4. The van der Waals surface area contributed by atoms with Crippen molar-refractivity contribution >= 4 is 17.7 Å². The lowest BCUT2D eigenvalue weighted by Crippen LogP contribution is -2.37. The lowest BCUT2D eigenvalue weighted by atomic mass is 10.1. The highest BCUT2D eigenvalue weighted by molar-refractivity contribution is 7.99. The van der Waals surface area contributed by atoms with Gasteiger partial charge in [-0.3, -0.25) is 9.78 Å². The maximum absolute atomic E-state index is 12.1. The molecule has 1 unspecified atom stereocenters. The number of amides is 1. The highest BCUT2D eigenvalue weighted by atomic mass is 32.2. The predicted octanol–water partition coefficient (Wildman–Crippen LogP) is 3.00. The van der Waals surface area contributed by atoms with Crippen LogP contribution in [0.1, 0.15) is 34.1 Å². The molecule has 2 rings (SSSR count). The van der Waals surface area contributed by atoms with Crippen molar-refractivity contribution < 1.29 is 4.79 Å².